The molecule has 0 bridgehead atoms. The van der Waals surface area contributed by atoms with E-state index in [4.69, 9.17) is 32.7 Å². The van der Waals surface area contributed by atoms with Crippen LogP contribution in [0.4, 0.5) is 0 Å². The van der Waals surface area contributed by atoms with E-state index in [-0.39, 0.29) is 12.2 Å². The van der Waals surface area contributed by atoms with Crippen LogP contribution in [0.3, 0.4) is 0 Å². The Balaban J connectivity index is 1.69. The monoisotopic (exact) mass is 573 g/mol. The van der Waals surface area contributed by atoms with Crippen molar-refractivity contribution < 1.29 is 9.47 Å². The largest absolute Gasteiger partial charge is 0.490 e. The zero-order valence-electron chi connectivity index (χ0n) is 19.1. The first-order chi connectivity index (χ1) is 16.9. The van der Waals surface area contributed by atoms with Crippen molar-refractivity contribution in [1.82, 2.24) is 9.66 Å². The summed E-state index contributed by atoms with van der Waals surface area (Å²) in [5.74, 6) is 1.43. The number of nitrogens with zero attached hydrogens (tertiary/aromatic N) is 3. The van der Waals surface area contributed by atoms with Crippen LogP contribution in [0.15, 0.2) is 69.0 Å². The summed E-state index contributed by atoms with van der Waals surface area (Å²) < 4.78 is 13.8. The number of aromatic nitrogens is 2. The molecular formula is C26H22BrCl2N3O3. The average molecular weight is 575 g/mol. The molecule has 0 saturated carbocycles. The standard InChI is InChI=1S/C26H22BrCl2N3O3/c1-3-24-31-22-10-9-18(27)13-19(22)26(33)32(24)30-14-16-11-21(29)25(23(12-16)34-4-2)35-15-17-7-5-6-8-20(17)28/h5-14H,3-4,15H2,1-2H3. The van der Waals surface area contributed by atoms with Gasteiger partial charge >= 0.3 is 0 Å². The first-order valence-electron chi connectivity index (χ1n) is 11.0. The number of halogens is 3. The van der Waals surface area contributed by atoms with Crippen LogP contribution in [0.2, 0.25) is 10.0 Å². The van der Waals surface area contributed by atoms with E-state index in [9.17, 15) is 4.79 Å². The minimum atomic E-state index is -0.250. The summed E-state index contributed by atoms with van der Waals surface area (Å²) in [6.45, 7) is 4.45. The Labute approximate surface area is 221 Å². The molecule has 0 radical (unpaired) electrons. The van der Waals surface area contributed by atoms with Crippen LogP contribution >= 0.6 is 39.1 Å². The van der Waals surface area contributed by atoms with E-state index in [0.29, 0.717) is 56.9 Å². The third-order valence-electron chi connectivity index (χ3n) is 5.18. The summed E-state index contributed by atoms with van der Waals surface area (Å²) in [4.78, 5) is 17.7. The van der Waals surface area contributed by atoms with Gasteiger partial charge < -0.3 is 9.47 Å². The number of fused-ring (bicyclic) bond motifs is 1. The molecule has 0 aliphatic heterocycles. The summed E-state index contributed by atoms with van der Waals surface area (Å²) in [5, 5.41) is 5.87. The van der Waals surface area contributed by atoms with Crippen molar-refractivity contribution in [3.05, 3.63) is 96.4 Å². The molecule has 3 aromatic carbocycles. The second-order valence-corrected chi connectivity index (χ2v) is 9.28. The third kappa shape index (κ3) is 5.69. The maximum absolute atomic E-state index is 13.1. The quantitative estimate of drug-likeness (QED) is 0.215. The van der Waals surface area contributed by atoms with Crippen molar-refractivity contribution in [3.8, 4) is 11.5 Å². The molecular weight excluding hydrogens is 553 g/mol. The predicted octanol–water partition coefficient (Wildman–Crippen LogP) is 6.89. The highest BCUT2D eigenvalue weighted by molar-refractivity contribution is 9.10. The van der Waals surface area contributed by atoms with Gasteiger partial charge in [0, 0.05) is 21.5 Å². The van der Waals surface area contributed by atoms with E-state index in [0.717, 1.165) is 10.0 Å². The SMILES string of the molecule is CCOc1cc(C=Nn2c(CC)nc3ccc(Br)cc3c2=O)cc(Cl)c1OCc1ccccc1Cl. The van der Waals surface area contributed by atoms with Crippen LogP contribution in [-0.4, -0.2) is 22.5 Å². The van der Waals surface area contributed by atoms with Crippen LogP contribution in [-0.2, 0) is 13.0 Å². The number of hydrogen-bond donors (Lipinski definition) is 0. The molecule has 0 aliphatic rings. The highest BCUT2D eigenvalue weighted by Gasteiger charge is 2.14. The fourth-order valence-corrected chi connectivity index (χ4v) is 4.32. The smallest absolute Gasteiger partial charge is 0.282 e. The van der Waals surface area contributed by atoms with Gasteiger partial charge in [-0.05, 0) is 48.9 Å². The number of rotatable bonds is 8. The lowest BCUT2D eigenvalue weighted by atomic mass is 10.2. The Kier molecular flexibility index (Phi) is 8.11. The summed E-state index contributed by atoms with van der Waals surface area (Å²) in [6, 6.07) is 16.3. The maximum atomic E-state index is 13.1. The fraction of sp³-hybridized carbons (Fsp3) is 0.192. The van der Waals surface area contributed by atoms with Gasteiger partial charge in [-0.1, -0.05) is 64.3 Å². The van der Waals surface area contributed by atoms with E-state index >= 15 is 0 Å². The van der Waals surface area contributed by atoms with E-state index < -0.39 is 0 Å². The summed E-state index contributed by atoms with van der Waals surface area (Å²) >= 11 is 16.2. The number of aryl methyl sites for hydroxylation is 1. The van der Waals surface area contributed by atoms with Crippen LogP contribution in [0, 0.1) is 0 Å². The van der Waals surface area contributed by atoms with Crippen LogP contribution in [0.25, 0.3) is 10.9 Å². The highest BCUT2D eigenvalue weighted by atomic mass is 79.9. The molecule has 180 valence electrons. The van der Waals surface area contributed by atoms with Gasteiger partial charge in [-0.2, -0.15) is 9.78 Å². The second-order valence-electron chi connectivity index (χ2n) is 7.55. The molecule has 1 aromatic heterocycles. The van der Waals surface area contributed by atoms with Gasteiger partial charge in [0.1, 0.15) is 12.4 Å². The van der Waals surface area contributed by atoms with Crippen molar-refractivity contribution in [2.24, 2.45) is 5.10 Å². The lowest BCUT2D eigenvalue weighted by Crippen LogP contribution is -2.22. The molecule has 0 aliphatic carbocycles. The van der Waals surface area contributed by atoms with E-state index in [1.54, 1.807) is 30.5 Å². The predicted molar refractivity (Wildman–Crippen MR) is 144 cm³/mol. The zero-order valence-corrected chi connectivity index (χ0v) is 22.2. The Morgan fingerprint density at radius 2 is 1.86 bits per heavy atom. The molecule has 4 rings (SSSR count). The molecule has 0 fully saturated rings. The van der Waals surface area contributed by atoms with Gasteiger partial charge in [0.25, 0.3) is 5.56 Å². The summed E-state index contributed by atoms with van der Waals surface area (Å²) in [5.41, 5.74) is 1.86. The summed E-state index contributed by atoms with van der Waals surface area (Å²) in [6.07, 6.45) is 2.09. The first kappa shape index (κ1) is 25.2. The lowest BCUT2D eigenvalue weighted by Gasteiger charge is -2.15. The molecule has 6 nitrogen and oxygen atoms in total. The summed E-state index contributed by atoms with van der Waals surface area (Å²) in [7, 11) is 0. The molecule has 0 unspecified atom stereocenters. The highest BCUT2D eigenvalue weighted by Crippen LogP contribution is 2.37. The van der Waals surface area contributed by atoms with E-state index in [1.165, 1.54) is 4.68 Å². The maximum Gasteiger partial charge on any atom is 0.282 e. The van der Waals surface area contributed by atoms with Gasteiger partial charge in [-0.15, -0.1) is 0 Å². The van der Waals surface area contributed by atoms with Gasteiger partial charge in [0.05, 0.1) is 28.7 Å². The lowest BCUT2D eigenvalue weighted by molar-refractivity contribution is 0.269. The Morgan fingerprint density at radius 3 is 2.60 bits per heavy atom. The molecule has 4 aromatic rings. The molecule has 1 heterocycles. The molecule has 0 atom stereocenters. The van der Waals surface area contributed by atoms with Gasteiger partial charge in [0.15, 0.2) is 11.5 Å². The first-order valence-corrected chi connectivity index (χ1v) is 12.5. The average Bonchev–Trinajstić information content (AvgIpc) is 2.84. The number of ether oxygens (including phenoxy) is 2. The molecule has 9 heteroatoms. The molecule has 0 spiro atoms. The Hall–Kier alpha value is -2.87. The zero-order chi connectivity index (χ0) is 24.9. The Morgan fingerprint density at radius 1 is 1.06 bits per heavy atom. The van der Waals surface area contributed by atoms with E-state index in [1.807, 2.05) is 44.2 Å². The van der Waals surface area contributed by atoms with Crippen molar-refractivity contribution in [3.63, 3.8) is 0 Å². The Bertz CT molecular complexity index is 1470. The van der Waals surface area contributed by atoms with Crippen LogP contribution < -0.4 is 15.0 Å². The number of benzene rings is 3. The third-order valence-corrected chi connectivity index (χ3v) is 6.32. The van der Waals surface area contributed by atoms with Crippen LogP contribution in [0.5, 0.6) is 11.5 Å². The molecule has 0 N–H and O–H groups in total. The van der Waals surface area contributed by atoms with Crippen molar-refractivity contribution in [2.45, 2.75) is 26.9 Å². The van der Waals surface area contributed by atoms with Crippen molar-refractivity contribution in [1.29, 1.82) is 0 Å². The van der Waals surface area contributed by atoms with Gasteiger partial charge in [-0.3, -0.25) is 4.79 Å². The normalized spacial score (nSPS) is 11.3. The molecule has 35 heavy (non-hydrogen) atoms. The minimum Gasteiger partial charge on any atom is -0.490 e. The van der Waals surface area contributed by atoms with Crippen molar-refractivity contribution in [2.75, 3.05) is 6.61 Å². The number of hydrogen-bond acceptors (Lipinski definition) is 5. The molecule has 0 amide bonds. The van der Waals surface area contributed by atoms with Crippen LogP contribution in [0.1, 0.15) is 30.8 Å². The fourth-order valence-electron chi connectivity index (χ4n) is 3.50. The van der Waals surface area contributed by atoms with Gasteiger partial charge in [-0.25, -0.2) is 4.98 Å². The van der Waals surface area contributed by atoms with Crippen molar-refractivity contribution >= 4 is 56.2 Å². The topological polar surface area (TPSA) is 65.7 Å². The van der Waals surface area contributed by atoms with E-state index in [2.05, 4.69) is 26.0 Å². The minimum absolute atomic E-state index is 0.237. The van der Waals surface area contributed by atoms with Gasteiger partial charge in [0.2, 0.25) is 0 Å². The molecule has 0 saturated heterocycles. The second kappa shape index (κ2) is 11.2.